The van der Waals surface area contributed by atoms with Gasteiger partial charge in [-0.2, -0.15) is 0 Å². The summed E-state index contributed by atoms with van der Waals surface area (Å²) in [4.78, 5) is 35.7. The molecular formula is C35H36N4O2S. The molecule has 7 heteroatoms. The second-order valence-corrected chi connectivity index (χ2v) is 12.5. The molecule has 0 aliphatic carbocycles. The standard InChI is InChI=1S/C35H36N4O2S/c1-22(2)25-12-14-26(15-13-25)32-31(33(40)37-28-10-6-5-7-11-28)24(4)36-35-39(32)34(41)30(42-35)21-27-16-17-29(20-23(27)3)38-18-8-9-19-38/h5-7,10-17,20-22,32H,8-9,18-19H2,1-4H3,(H,37,40)/b30-21+/t32-/m0/s1. The first kappa shape index (κ1) is 27.9. The number of hydrogen-bond acceptors (Lipinski definition) is 5. The summed E-state index contributed by atoms with van der Waals surface area (Å²) in [5.74, 6) is 0.113. The number of hydrogen-bond donors (Lipinski definition) is 1. The minimum Gasteiger partial charge on any atom is -0.372 e. The van der Waals surface area contributed by atoms with E-state index in [2.05, 4.69) is 61.3 Å². The second kappa shape index (κ2) is 11.6. The van der Waals surface area contributed by atoms with E-state index in [0.717, 1.165) is 29.8 Å². The maximum atomic E-state index is 14.1. The third-order valence-electron chi connectivity index (χ3n) is 8.23. The maximum Gasteiger partial charge on any atom is 0.271 e. The second-order valence-electron chi connectivity index (χ2n) is 11.5. The van der Waals surface area contributed by atoms with Gasteiger partial charge in [0, 0.05) is 24.5 Å². The number of aromatic nitrogens is 1. The molecule has 3 aromatic carbocycles. The van der Waals surface area contributed by atoms with Crippen molar-refractivity contribution in [1.29, 1.82) is 0 Å². The molecule has 0 bridgehead atoms. The Labute approximate surface area is 250 Å². The van der Waals surface area contributed by atoms with E-state index in [1.165, 1.54) is 35.4 Å². The van der Waals surface area contributed by atoms with Gasteiger partial charge in [0.05, 0.1) is 21.8 Å². The van der Waals surface area contributed by atoms with Crippen molar-refractivity contribution in [2.24, 2.45) is 4.99 Å². The molecule has 1 saturated heterocycles. The van der Waals surface area contributed by atoms with Crippen molar-refractivity contribution >= 4 is 34.7 Å². The minimum absolute atomic E-state index is 0.141. The van der Waals surface area contributed by atoms with Crippen LogP contribution in [0.5, 0.6) is 0 Å². The fourth-order valence-electron chi connectivity index (χ4n) is 5.85. The number of carbonyl (C=O) groups is 1. The molecule has 6 nitrogen and oxygen atoms in total. The van der Waals surface area contributed by atoms with Gasteiger partial charge in [0.25, 0.3) is 11.5 Å². The number of fused-ring (bicyclic) bond motifs is 1. The van der Waals surface area contributed by atoms with Crippen molar-refractivity contribution in [3.05, 3.63) is 126 Å². The van der Waals surface area contributed by atoms with Crippen LogP contribution in [-0.4, -0.2) is 23.6 Å². The average Bonchev–Trinajstić information content (AvgIpc) is 3.62. The van der Waals surface area contributed by atoms with E-state index in [-0.39, 0.29) is 11.5 Å². The van der Waals surface area contributed by atoms with Crippen molar-refractivity contribution < 1.29 is 4.79 Å². The van der Waals surface area contributed by atoms with Crippen LogP contribution in [0.3, 0.4) is 0 Å². The van der Waals surface area contributed by atoms with Gasteiger partial charge < -0.3 is 10.2 Å². The fraction of sp³-hybridized carbons (Fsp3) is 0.286. The van der Waals surface area contributed by atoms with E-state index in [1.54, 1.807) is 4.57 Å². The number of allylic oxidation sites excluding steroid dienone is 1. The predicted molar refractivity (Wildman–Crippen MR) is 172 cm³/mol. The van der Waals surface area contributed by atoms with E-state index in [0.29, 0.717) is 32.2 Å². The van der Waals surface area contributed by atoms with Crippen LogP contribution in [0, 0.1) is 6.92 Å². The Balaban J connectivity index is 1.45. The number of nitrogens with zero attached hydrogens (tertiary/aromatic N) is 3. The largest absolute Gasteiger partial charge is 0.372 e. The van der Waals surface area contributed by atoms with Gasteiger partial charge in [0.15, 0.2) is 4.80 Å². The van der Waals surface area contributed by atoms with Crippen LogP contribution in [0.4, 0.5) is 11.4 Å². The summed E-state index contributed by atoms with van der Waals surface area (Å²) in [6.45, 7) is 10.4. The molecule has 1 fully saturated rings. The molecule has 0 radical (unpaired) electrons. The molecule has 1 amide bonds. The van der Waals surface area contributed by atoms with Gasteiger partial charge in [-0.3, -0.25) is 14.2 Å². The number of aryl methyl sites for hydroxylation is 1. The number of amides is 1. The summed E-state index contributed by atoms with van der Waals surface area (Å²) >= 11 is 1.37. The number of anilines is 2. The average molecular weight is 577 g/mol. The van der Waals surface area contributed by atoms with Gasteiger partial charge in [0.2, 0.25) is 0 Å². The van der Waals surface area contributed by atoms with Gasteiger partial charge in [-0.15, -0.1) is 0 Å². The molecule has 42 heavy (non-hydrogen) atoms. The number of nitrogens with one attached hydrogen (secondary N) is 1. The molecule has 2 aliphatic heterocycles. The third kappa shape index (κ3) is 5.37. The molecule has 0 spiro atoms. The minimum atomic E-state index is -0.591. The van der Waals surface area contributed by atoms with E-state index in [1.807, 2.05) is 55.5 Å². The highest BCUT2D eigenvalue weighted by molar-refractivity contribution is 7.07. The first-order valence-electron chi connectivity index (χ1n) is 14.6. The van der Waals surface area contributed by atoms with Gasteiger partial charge in [0.1, 0.15) is 0 Å². The van der Waals surface area contributed by atoms with Crippen molar-refractivity contribution in [3.8, 4) is 0 Å². The highest BCUT2D eigenvalue weighted by Gasteiger charge is 2.32. The first-order chi connectivity index (χ1) is 20.3. The van der Waals surface area contributed by atoms with Crippen molar-refractivity contribution in [2.75, 3.05) is 23.3 Å². The number of carbonyl (C=O) groups excluding carboxylic acids is 1. The molecular weight excluding hydrogens is 540 g/mol. The van der Waals surface area contributed by atoms with Gasteiger partial charge in [-0.1, -0.05) is 73.7 Å². The lowest BCUT2D eigenvalue weighted by atomic mass is 9.93. The molecule has 6 rings (SSSR count). The molecule has 0 unspecified atom stereocenters. The van der Waals surface area contributed by atoms with Crippen LogP contribution in [-0.2, 0) is 4.79 Å². The Morgan fingerprint density at radius 1 is 1.00 bits per heavy atom. The zero-order valence-electron chi connectivity index (χ0n) is 24.6. The summed E-state index contributed by atoms with van der Waals surface area (Å²) < 4.78 is 2.30. The Bertz CT molecular complexity index is 1840. The Kier molecular flexibility index (Phi) is 7.69. The lowest BCUT2D eigenvalue weighted by molar-refractivity contribution is -0.113. The van der Waals surface area contributed by atoms with Gasteiger partial charge >= 0.3 is 0 Å². The molecule has 0 saturated carbocycles. The van der Waals surface area contributed by atoms with Gasteiger partial charge in [-0.25, -0.2) is 4.99 Å². The van der Waals surface area contributed by atoms with Gasteiger partial charge in [-0.05, 0) is 85.2 Å². The first-order valence-corrected chi connectivity index (χ1v) is 15.5. The fourth-order valence-corrected chi connectivity index (χ4v) is 6.88. The highest BCUT2D eigenvalue weighted by atomic mass is 32.1. The number of rotatable bonds is 6. The molecule has 3 heterocycles. The number of thiazole rings is 1. The van der Waals surface area contributed by atoms with Crippen molar-refractivity contribution in [1.82, 2.24) is 4.57 Å². The van der Waals surface area contributed by atoms with E-state index in [4.69, 9.17) is 4.99 Å². The summed E-state index contributed by atoms with van der Waals surface area (Å²) in [6, 6.07) is 23.5. The van der Waals surface area contributed by atoms with Crippen molar-refractivity contribution in [2.45, 2.75) is 52.5 Å². The van der Waals surface area contributed by atoms with Crippen LogP contribution in [0.15, 0.2) is 93.9 Å². The summed E-state index contributed by atoms with van der Waals surface area (Å²) in [6.07, 6.45) is 4.43. The Morgan fingerprint density at radius 3 is 2.38 bits per heavy atom. The zero-order chi connectivity index (χ0) is 29.4. The normalized spacial score (nSPS) is 17.0. The Hall–Kier alpha value is -4.23. The van der Waals surface area contributed by atoms with Crippen LogP contribution in [0.1, 0.15) is 67.8 Å². The van der Waals surface area contributed by atoms with Crippen LogP contribution in [0.2, 0.25) is 0 Å². The number of para-hydroxylation sites is 1. The monoisotopic (exact) mass is 576 g/mol. The molecule has 2 aliphatic rings. The third-order valence-corrected chi connectivity index (χ3v) is 9.21. The molecule has 1 atom stereocenters. The maximum absolute atomic E-state index is 14.1. The number of benzene rings is 3. The zero-order valence-corrected chi connectivity index (χ0v) is 25.4. The molecule has 1 aromatic heterocycles. The van der Waals surface area contributed by atoms with E-state index in [9.17, 15) is 9.59 Å². The SMILES string of the molecule is CC1=C(C(=O)Nc2ccccc2)[C@H](c2ccc(C(C)C)cc2)n2c(s/c(=C/c3ccc(N4CCCC4)cc3C)c2=O)=N1. The van der Waals surface area contributed by atoms with Crippen LogP contribution >= 0.6 is 11.3 Å². The molecule has 214 valence electrons. The van der Waals surface area contributed by atoms with Crippen LogP contribution < -0.4 is 25.1 Å². The topological polar surface area (TPSA) is 66.7 Å². The highest BCUT2D eigenvalue weighted by Crippen LogP contribution is 2.32. The summed E-state index contributed by atoms with van der Waals surface area (Å²) in [7, 11) is 0. The lowest BCUT2D eigenvalue weighted by Gasteiger charge is -2.25. The molecule has 1 N–H and O–H groups in total. The summed E-state index contributed by atoms with van der Waals surface area (Å²) in [5, 5.41) is 3.02. The summed E-state index contributed by atoms with van der Waals surface area (Å²) in [5.41, 5.74) is 7.10. The smallest absolute Gasteiger partial charge is 0.271 e. The molecule has 4 aromatic rings. The van der Waals surface area contributed by atoms with E-state index >= 15 is 0 Å². The van der Waals surface area contributed by atoms with Crippen molar-refractivity contribution in [3.63, 3.8) is 0 Å². The lowest BCUT2D eigenvalue weighted by Crippen LogP contribution is -2.40. The van der Waals surface area contributed by atoms with E-state index < -0.39 is 6.04 Å². The quantitative estimate of drug-likeness (QED) is 0.311. The predicted octanol–water partition coefficient (Wildman–Crippen LogP) is 5.91. The Morgan fingerprint density at radius 2 is 1.71 bits per heavy atom. The van der Waals surface area contributed by atoms with Crippen LogP contribution in [0.25, 0.3) is 6.08 Å².